The van der Waals surface area contributed by atoms with Gasteiger partial charge in [0.25, 0.3) is 5.65 Å². The van der Waals surface area contributed by atoms with E-state index >= 15 is 0 Å². The van der Waals surface area contributed by atoms with Gasteiger partial charge in [0.15, 0.2) is 0 Å². The molecule has 0 atom stereocenters. The Hall–Kier alpha value is -2.42. The summed E-state index contributed by atoms with van der Waals surface area (Å²) in [7, 11) is 2.10. The van der Waals surface area contributed by atoms with Crippen LogP contribution in [0, 0.1) is 6.92 Å². The summed E-state index contributed by atoms with van der Waals surface area (Å²) in [6, 6.07) is 8.67. The van der Waals surface area contributed by atoms with Crippen LogP contribution >= 0.6 is 0 Å². The predicted octanol–water partition coefficient (Wildman–Crippen LogP) is 3.90. The molecule has 3 heteroatoms. The molecular weight excluding hydrogens is 270 g/mol. The van der Waals surface area contributed by atoms with Crippen molar-refractivity contribution in [2.24, 2.45) is 7.05 Å². The van der Waals surface area contributed by atoms with Gasteiger partial charge < -0.3 is 0 Å². The van der Waals surface area contributed by atoms with Crippen LogP contribution in [0.15, 0.2) is 42.9 Å². The van der Waals surface area contributed by atoms with Gasteiger partial charge in [0.2, 0.25) is 0 Å². The fourth-order valence-corrected chi connectivity index (χ4v) is 3.50. The van der Waals surface area contributed by atoms with Crippen molar-refractivity contribution in [3.63, 3.8) is 0 Å². The van der Waals surface area contributed by atoms with Gasteiger partial charge in [-0.05, 0) is 36.1 Å². The number of nitrogens with zero attached hydrogens (tertiary/aromatic N) is 3. The lowest BCUT2D eigenvalue weighted by Crippen LogP contribution is -2.26. The SMILES string of the molecule is Cc1ccnc2c3c(C(C)C)cccc3n3cc[n+](C)c3c12. The summed E-state index contributed by atoms with van der Waals surface area (Å²) in [5.74, 6) is 0.468. The largest absolute Gasteiger partial charge is 0.296 e. The molecule has 0 amide bonds. The molecule has 22 heavy (non-hydrogen) atoms. The lowest BCUT2D eigenvalue weighted by molar-refractivity contribution is -0.643. The molecule has 3 nitrogen and oxygen atoms in total. The number of hydrogen-bond donors (Lipinski definition) is 0. The third-order valence-electron chi connectivity index (χ3n) is 4.58. The van der Waals surface area contributed by atoms with Gasteiger partial charge in [-0.3, -0.25) is 4.98 Å². The fraction of sp³-hybridized carbons (Fsp3) is 0.263. The maximum absolute atomic E-state index is 4.76. The highest BCUT2D eigenvalue weighted by atomic mass is 15.1. The Balaban J connectivity index is 2.43. The summed E-state index contributed by atoms with van der Waals surface area (Å²) in [6.45, 7) is 6.66. The van der Waals surface area contributed by atoms with Crippen molar-refractivity contribution in [2.45, 2.75) is 26.7 Å². The molecule has 0 spiro atoms. The first-order chi connectivity index (χ1) is 10.6. The first-order valence-corrected chi connectivity index (χ1v) is 7.76. The zero-order valence-electron chi connectivity index (χ0n) is 13.5. The standard InChI is InChI=1S/C19H20N3/c1-12(2)14-6-5-7-15-17(14)18-16(13(3)8-9-20-18)19-21(4)10-11-22(15)19/h5-12H,1-4H3/q+1. The Morgan fingerprint density at radius 1 is 1.14 bits per heavy atom. The number of fused-ring (bicyclic) bond motifs is 6. The van der Waals surface area contributed by atoms with Crippen LogP contribution in [0.3, 0.4) is 0 Å². The van der Waals surface area contributed by atoms with Crippen molar-refractivity contribution >= 4 is 27.5 Å². The normalized spacial score (nSPS) is 12.0. The number of pyridine rings is 2. The summed E-state index contributed by atoms with van der Waals surface area (Å²) in [6.07, 6.45) is 6.18. The summed E-state index contributed by atoms with van der Waals surface area (Å²) < 4.78 is 4.47. The van der Waals surface area contributed by atoms with Crippen LogP contribution in [0.1, 0.15) is 30.9 Å². The van der Waals surface area contributed by atoms with E-state index in [9.17, 15) is 0 Å². The van der Waals surface area contributed by atoms with E-state index in [1.165, 1.54) is 33.1 Å². The van der Waals surface area contributed by atoms with E-state index < -0.39 is 0 Å². The van der Waals surface area contributed by atoms with Gasteiger partial charge in [-0.2, -0.15) is 4.40 Å². The van der Waals surface area contributed by atoms with Crippen molar-refractivity contribution in [2.75, 3.05) is 0 Å². The molecule has 0 N–H and O–H groups in total. The number of benzene rings is 1. The third-order valence-corrected chi connectivity index (χ3v) is 4.58. The topological polar surface area (TPSA) is 21.2 Å². The van der Waals surface area contributed by atoms with Gasteiger partial charge in [-0.15, -0.1) is 0 Å². The zero-order valence-corrected chi connectivity index (χ0v) is 13.5. The molecular formula is C19H20N3+. The summed E-state index contributed by atoms with van der Waals surface area (Å²) in [5, 5.41) is 2.52. The lowest BCUT2D eigenvalue weighted by atomic mass is 9.95. The maximum atomic E-state index is 4.76. The van der Waals surface area contributed by atoms with Crippen LogP contribution in [0.5, 0.6) is 0 Å². The van der Waals surface area contributed by atoms with E-state index in [-0.39, 0.29) is 0 Å². The second kappa shape index (κ2) is 4.54. The number of aryl methyl sites for hydroxylation is 2. The van der Waals surface area contributed by atoms with Crippen molar-refractivity contribution < 1.29 is 4.57 Å². The molecule has 0 aliphatic heterocycles. The molecule has 110 valence electrons. The quantitative estimate of drug-likeness (QED) is 0.385. The molecule has 0 saturated carbocycles. The highest BCUT2D eigenvalue weighted by Crippen LogP contribution is 2.33. The molecule has 3 heterocycles. The zero-order chi connectivity index (χ0) is 15.4. The van der Waals surface area contributed by atoms with Gasteiger partial charge >= 0.3 is 0 Å². The van der Waals surface area contributed by atoms with E-state index in [2.05, 4.69) is 73.4 Å². The number of aromatic nitrogens is 3. The van der Waals surface area contributed by atoms with Crippen LogP contribution in [0.25, 0.3) is 27.5 Å². The first-order valence-electron chi connectivity index (χ1n) is 7.76. The van der Waals surface area contributed by atoms with Gasteiger partial charge in [0.1, 0.15) is 17.9 Å². The maximum Gasteiger partial charge on any atom is 0.296 e. The molecule has 0 aliphatic rings. The average Bonchev–Trinajstić information content (AvgIpc) is 2.89. The molecule has 1 aromatic carbocycles. The Kier molecular flexibility index (Phi) is 2.73. The van der Waals surface area contributed by atoms with Gasteiger partial charge in [0, 0.05) is 6.20 Å². The second-order valence-corrected chi connectivity index (χ2v) is 6.35. The van der Waals surface area contributed by atoms with E-state index in [0.717, 1.165) is 5.52 Å². The summed E-state index contributed by atoms with van der Waals surface area (Å²) >= 11 is 0. The van der Waals surface area contributed by atoms with Gasteiger partial charge in [-0.25, -0.2) is 4.57 Å². The highest BCUT2D eigenvalue weighted by Gasteiger charge is 2.21. The van der Waals surface area contributed by atoms with Crippen LogP contribution in [-0.2, 0) is 7.05 Å². The van der Waals surface area contributed by atoms with Crippen LogP contribution in [0.2, 0.25) is 0 Å². The van der Waals surface area contributed by atoms with Crippen LogP contribution in [0.4, 0.5) is 0 Å². The van der Waals surface area contributed by atoms with Gasteiger partial charge in [-0.1, -0.05) is 26.0 Å². The Bertz CT molecular complexity index is 1030. The Morgan fingerprint density at radius 3 is 2.73 bits per heavy atom. The van der Waals surface area contributed by atoms with E-state index in [1.807, 2.05) is 6.20 Å². The molecule has 3 aromatic heterocycles. The molecule has 0 fully saturated rings. The predicted molar refractivity (Wildman–Crippen MR) is 90.2 cm³/mol. The summed E-state index contributed by atoms with van der Waals surface area (Å²) in [4.78, 5) is 4.76. The molecule has 4 aromatic rings. The van der Waals surface area contributed by atoms with Crippen molar-refractivity contribution in [3.05, 3.63) is 54.0 Å². The van der Waals surface area contributed by atoms with Crippen molar-refractivity contribution in [1.29, 1.82) is 0 Å². The Morgan fingerprint density at radius 2 is 1.95 bits per heavy atom. The average molecular weight is 290 g/mol. The fourth-order valence-electron chi connectivity index (χ4n) is 3.50. The third kappa shape index (κ3) is 1.62. The molecule has 0 unspecified atom stereocenters. The minimum atomic E-state index is 0.468. The smallest absolute Gasteiger partial charge is 0.255 e. The van der Waals surface area contributed by atoms with E-state index in [1.54, 1.807) is 0 Å². The minimum Gasteiger partial charge on any atom is -0.255 e. The lowest BCUT2D eigenvalue weighted by Gasteiger charge is -2.12. The number of rotatable bonds is 1. The molecule has 0 saturated heterocycles. The van der Waals surface area contributed by atoms with Crippen LogP contribution in [-0.4, -0.2) is 9.38 Å². The van der Waals surface area contributed by atoms with Gasteiger partial charge in [0.05, 0.1) is 23.3 Å². The molecule has 0 radical (unpaired) electrons. The van der Waals surface area contributed by atoms with E-state index in [4.69, 9.17) is 4.98 Å². The minimum absolute atomic E-state index is 0.468. The summed E-state index contributed by atoms with van der Waals surface area (Å²) in [5.41, 5.74) is 6.17. The van der Waals surface area contributed by atoms with E-state index in [0.29, 0.717) is 5.92 Å². The first kappa shape index (κ1) is 13.3. The highest BCUT2D eigenvalue weighted by molar-refractivity contribution is 6.11. The molecule has 0 aliphatic carbocycles. The number of hydrogen-bond acceptors (Lipinski definition) is 1. The van der Waals surface area contributed by atoms with Crippen molar-refractivity contribution in [1.82, 2.24) is 9.38 Å². The van der Waals surface area contributed by atoms with Crippen LogP contribution < -0.4 is 4.57 Å². The number of imidazole rings is 1. The van der Waals surface area contributed by atoms with Crippen molar-refractivity contribution in [3.8, 4) is 0 Å². The Labute approximate surface area is 129 Å². The molecule has 4 rings (SSSR count). The molecule has 0 bridgehead atoms. The monoisotopic (exact) mass is 290 g/mol. The second-order valence-electron chi connectivity index (χ2n) is 6.35.